The Kier molecular flexibility index (Phi) is 5.23. The second-order valence-corrected chi connectivity index (χ2v) is 6.42. The Balaban J connectivity index is 2.32. The molecule has 1 saturated heterocycles. The maximum atomic E-state index is 12.9. The summed E-state index contributed by atoms with van der Waals surface area (Å²) < 4.78 is 38.8. The van der Waals surface area contributed by atoms with Crippen molar-refractivity contribution in [3.05, 3.63) is 23.5 Å². The molecule has 0 aliphatic carbocycles. The molecule has 1 aromatic heterocycles. The second kappa shape index (κ2) is 6.88. The summed E-state index contributed by atoms with van der Waals surface area (Å²) in [6, 6.07) is 2.65. The molecule has 0 spiro atoms. The molecular formula is C16H19F3N4O2. The van der Waals surface area contributed by atoms with E-state index in [0.29, 0.717) is 25.6 Å². The first-order valence-electron chi connectivity index (χ1n) is 7.70. The van der Waals surface area contributed by atoms with Crippen LogP contribution in [0.25, 0.3) is 0 Å². The number of piperidine rings is 1. The molecule has 2 heterocycles. The minimum atomic E-state index is -4.58. The van der Waals surface area contributed by atoms with Crippen LogP contribution in [0.5, 0.6) is 0 Å². The fraction of sp³-hybridized carbons (Fsp3) is 0.562. The number of hydrogen-bond donors (Lipinski definition) is 1. The van der Waals surface area contributed by atoms with Crippen molar-refractivity contribution in [3.63, 3.8) is 0 Å². The van der Waals surface area contributed by atoms with Crippen LogP contribution in [0.15, 0.2) is 12.3 Å². The Labute approximate surface area is 143 Å². The van der Waals surface area contributed by atoms with Crippen LogP contribution in [0, 0.1) is 11.3 Å². The Bertz CT molecular complexity index is 700. The average Bonchev–Trinajstić information content (AvgIpc) is 2.52. The third kappa shape index (κ3) is 4.39. The highest BCUT2D eigenvalue weighted by atomic mass is 19.4. The van der Waals surface area contributed by atoms with Crippen molar-refractivity contribution >= 4 is 11.6 Å². The lowest BCUT2D eigenvalue weighted by molar-refractivity contribution is -0.137. The smallest absolute Gasteiger partial charge is 0.388 e. The van der Waals surface area contributed by atoms with Gasteiger partial charge in [-0.25, -0.2) is 4.98 Å². The Morgan fingerprint density at radius 3 is 2.76 bits per heavy atom. The van der Waals surface area contributed by atoms with Gasteiger partial charge in [0.15, 0.2) is 5.69 Å². The van der Waals surface area contributed by atoms with Gasteiger partial charge in [-0.3, -0.25) is 4.79 Å². The zero-order valence-electron chi connectivity index (χ0n) is 14.0. The topological polar surface area (TPSA) is 80.5 Å². The lowest BCUT2D eigenvalue weighted by Crippen LogP contribution is -2.50. The van der Waals surface area contributed by atoms with Crippen LogP contribution >= 0.6 is 0 Å². The number of halogens is 3. The van der Waals surface area contributed by atoms with E-state index in [0.717, 1.165) is 6.07 Å². The van der Waals surface area contributed by atoms with E-state index in [1.54, 1.807) is 20.2 Å². The number of carbonyl (C=O) groups is 1. The number of nitriles is 1. The fourth-order valence-corrected chi connectivity index (χ4v) is 2.84. The van der Waals surface area contributed by atoms with Gasteiger partial charge in [-0.1, -0.05) is 0 Å². The van der Waals surface area contributed by atoms with E-state index in [9.17, 15) is 23.1 Å². The van der Waals surface area contributed by atoms with E-state index in [4.69, 9.17) is 5.26 Å². The van der Waals surface area contributed by atoms with Crippen molar-refractivity contribution in [1.82, 2.24) is 9.88 Å². The molecule has 0 aromatic carbocycles. The van der Waals surface area contributed by atoms with Crippen LogP contribution in [-0.4, -0.2) is 53.7 Å². The van der Waals surface area contributed by atoms with E-state index in [1.807, 2.05) is 0 Å². The summed E-state index contributed by atoms with van der Waals surface area (Å²) in [5, 5.41) is 19.8. The van der Waals surface area contributed by atoms with Gasteiger partial charge in [-0.05, 0) is 18.9 Å². The van der Waals surface area contributed by atoms with Crippen LogP contribution in [0.2, 0.25) is 0 Å². The van der Waals surface area contributed by atoms with Gasteiger partial charge in [-0.15, -0.1) is 0 Å². The van der Waals surface area contributed by atoms with E-state index >= 15 is 0 Å². The highest BCUT2D eigenvalue weighted by Crippen LogP contribution is 2.35. The molecule has 9 heteroatoms. The fourth-order valence-electron chi connectivity index (χ4n) is 2.84. The summed E-state index contributed by atoms with van der Waals surface area (Å²) in [6.45, 7) is 0.334. The molecule has 1 N–H and O–H groups in total. The first-order chi connectivity index (χ1) is 11.6. The van der Waals surface area contributed by atoms with E-state index in [-0.39, 0.29) is 30.3 Å². The van der Waals surface area contributed by atoms with E-state index in [2.05, 4.69) is 4.98 Å². The maximum Gasteiger partial charge on any atom is 0.417 e. The number of hydrogen-bond acceptors (Lipinski definition) is 5. The van der Waals surface area contributed by atoms with Gasteiger partial charge in [0.2, 0.25) is 5.91 Å². The van der Waals surface area contributed by atoms with Crippen molar-refractivity contribution in [2.24, 2.45) is 0 Å². The van der Waals surface area contributed by atoms with Crippen molar-refractivity contribution in [3.8, 4) is 6.07 Å². The van der Waals surface area contributed by atoms with E-state index in [1.165, 1.54) is 9.80 Å². The number of aliphatic hydroxyl groups is 1. The maximum absolute atomic E-state index is 12.9. The predicted octanol–water partition coefficient (Wildman–Crippen LogP) is 1.78. The van der Waals surface area contributed by atoms with Crippen molar-refractivity contribution in [2.45, 2.75) is 31.0 Å². The van der Waals surface area contributed by atoms with Crippen molar-refractivity contribution < 1.29 is 23.1 Å². The summed E-state index contributed by atoms with van der Waals surface area (Å²) >= 11 is 0. The van der Waals surface area contributed by atoms with Crippen LogP contribution in [-0.2, 0) is 11.0 Å². The van der Waals surface area contributed by atoms with Crippen LogP contribution < -0.4 is 4.90 Å². The zero-order valence-corrected chi connectivity index (χ0v) is 14.0. The minimum absolute atomic E-state index is 0.0211. The lowest BCUT2D eigenvalue weighted by atomic mass is 9.88. The van der Waals surface area contributed by atoms with Gasteiger partial charge in [-0.2, -0.15) is 18.4 Å². The zero-order chi connectivity index (χ0) is 18.8. The molecule has 1 fully saturated rings. The predicted molar refractivity (Wildman–Crippen MR) is 83.7 cm³/mol. The van der Waals surface area contributed by atoms with Gasteiger partial charge < -0.3 is 14.9 Å². The molecule has 1 aromatic rings. The largest absolute Gasteiger partial charge is 0.417 e. The number of alkyl halides is 3. The summed E-state index contributed by atoms with van der Waals surface area (Å²) in [7, 11) is 3.13. The Hall–Kier alpha value is -2.34. The lowest BCUT2D eigenvalue weighted by Gasteiger charge is -2.40. The van der Waals surface area contributed by atoms with E-state index < -0.39 is 17.3 Å². The highest BCUT2D eigenvalue weighted by Gasteiger charge is 2.38. The molecule has 25 heavy (non-hydrogen) atoms. The molecule has 1 amide bonds. The second-order valence-electron chi connectivity index (χ2n) is 6.42. The average molecular weight is 356 g/mol. The molecule has 1 unspecified atom stereocenters. The third-order valence-corrected chi connectivity index (χ3v) is 4.18. The third-order valence-electron chi connectivity index (χ3n) is 4.18. The molecule has 1 aliphatic rings. The highest BCUT2D eigenvalue weighted by molar-refractivity contribution is 5.77. The van der Waals surface area contributed by atoms with Crippen LogP contribution in [0.1, 0.15) is 30.5 Å². The standard InChI is InChI=1S/C16H19F3N4O2/c1-22(2)14(24)7-15(25)4-3-5-23(10-15)13-6-11(16(17,18)19)9-21-12(13)8-20/h6,9,25H,3-5,7,10H2,1-2H3. The van der Waals surface area contributed by atoms with Gasteiger partial charge in [0, 0.05) is 33.4 Å². The number of pyridine rings is 1. The number of amides is 1. The Morgan fingerprint density at radius 2 is 2.20 bits per heavy atom. The molecule has 0 saturated carbocycles. The van der Waals surface area contributed by atoms with Gasteiger partial charge in [0.1, 0.15) is 6.07 Å². The summed E-state index contributed by atoms with van der Waals surface area (Å²) in [5.41, 5.74) is -2.44. The number of β-amino-alcohol motifs (C(OH)–C–C–N with tert-alkyl or cyclic N) is 1. The summed E-state index contributed by atoms with van der Waals surface area (Å²) in [6.07, 6.45) is -3.25. The summed E-state index contributed by atoms with van der Waals surface area (Å²) in [5.74, 6) is -0.271. The van der Waals surface area contributed by atoms with Crippen molar-refractivity contribution in [1.29, 1.82) is 5.26 Å². The van der Waals surface area contributed by atoms with Gasteiger partial charge in [0.05, 0.1) is 23.3 Å². The molecule has 0 radical (unpaired) electrons. The summed E-state index contributed by atoms with van der Waals surface area (Å²) in [4.78, 5) is 18.3. The minimum Gasteiger partial charge on any atom is -0.388 e. The SMILES string of the molecule is CN(C)C(=O)CC1(O)CCCN(c2cc(C(F)(F)F)cnc2C#N)C1. The molecule has 6 nitrogen and oxygen atoms in total. The number of rotatable bonds is 3. The first-order valence-corrected chi connectivity index (χ1v) is 7.70. The quantitative estimate of drug-likeness (QED) is 0.893. The van der Waals surface area contributed by atoms with Gasteiger partial charge >= 0.3 is 6.18 Å². The molecular weight excluding hydrogens is 337 g/mol. The molecule has 1 aliphatic heterocycles. The molecule has 2 rings (SSSR count). The van der Waals surface area contributed by atoms with Crippen molar-refractivity contribution in [2.75, 3.05) is 32.1 Å². The number of nitrogens with zero attached hydrogens (tertiary/aromatic N) is 4. The van der Waals surface area contributed by atoms with Crippen LogP contribution in [0.3, 0.4) is 0 Å². The first kappa shape index (κ1) is 19.0. The molecule has 0 bridgehead atoms. The Morgan fingerprint density at radius 1 is 1.52 bits per heavy atom. The number of anilines is 1. The number of aromatic nitrogens is 1. The normalized spacial score (nSPS) is 20.9. The molecule has 1 atom stereocenters. The van der Waals surface area contributed by atoms with Crippen LogP contribution in [0.4, 0.5) is 18.9 Å². The monoisotopic (exact) mass is 356 g/mol. The number of carbonyl (C=O) groups excluding carboxylic acids is 1. The molecule has 136 valence electrons. The van der Waals surface area contributed by atoms with Gasteiger partial charge in [0.25, 0.3) is 0 Å².